The first-order valence-corrected chi connectivity index (χ1v) is 7.23. The summed E-state index contributed by atoms with van der Waals surface area (Å²) in [5, 5.41) is 9.96. The summed E-state index contributed by atoms with van der Waals surface area (Å²) >= 11 is 0. The van der Waals surface area contributed by atoms with Crippen LogP contribution in [0.3, 0.4) is 0 Å². The molecule has 0 aromatic heterocycles. The van der Waals surface area contributed by atoms with Crippen LogP contribution >= 0.6 is 0 Å². The van der Waals surface area contributed by atoms with Gasteiger partial charge in [0, 0.05) is 6.42 Å². The molecular formula is C16H23NO2. The van der Waals surface area contributed by atoms with Gasteiger partial charge in [-0.3, -0.25) is 4.79 Å². The highest BCUT2D eigenvalue weighted by atomic mass is 16.3. The van der Waals surface area contributed by atoms with Gasteiger partial charge in [-0.15, -0.1) is 0 Å². The number of rotatable bonds is 5. The smallest absolute Gasteiger partial charge is 0.217 e. The summed E-state index contributed by atoms with van der Waals surface area (Å²) in [5.74, 6) is 0.323. The molecule has 104 valence electrons. The van der Waals surface area contributed by atoms with Gasteiger partial charge in [-0.2, -0.15) is 0 Å². The Balaban J connectivity index is 1.95. The summed E-state index contributed by atoms with van der Waals surface area (Å²) < 4.78 is 0. The van der Waals surface area contributed by atoms with Crippen LogP contribution in [0.5, 0.6) is 0 Å². The third-order valence-electron chi connectivity index (χ3n) is 4.06. The lowest BCUT2D eigenvalue weighted by molar-refractivity contribution is -0.118. The number of aliphatic hydroxyl groups excluding tert-OH is 1. The third kappa shape index (κ3) is 4.06. The summed E-state index contributed by atoms with van der Waals surface area (Å²) in [7, 11) is 0. The fourth-order valence-electron chi connectivity index (χ4n) is 2.87. The summed E-state index contributed by atoms with van der Waals surface area (Å²) in [6.07, 6.45) is 6.62. The Hall–Kier alpha value is -1.35. The number of amides is 1. The quantitative estimate of drug-likeness (QED) is 0.855. The summed E-state index contributed by atoms with van der Waals surface area (Å²) in [5.41, 5.74) is 7.35. The molecule has 1 atom stereocenters. The molecule has 3 heteroatoms. The second-order valence-electron chi connectivity index (χ2n) is 5.52. The van der Waals surface area contributed by atoms with Gasteiger partial charge in [-0.1, -0.05) is 43.5 Å². The normalized spacial score (nSPS) is 18.2. The highest BCUT2D eigenvalue weighted by Gasteiger charge is 2.16. The topological polar surface area (TPSA) is 63.3 Å². The van der Waals surface area contributed by atoms with E-state index in [1.54, 1.807) is 0 Å². The Morgan fingerprint density at radius 3 is 2.42 bits per heavy atom. The van der Waals surface area contributed by atoms with E-state index in [0.29, 0.717) is 12.3 Å². The van der Waals surface area contributed by atoms with Gasteiger partial charge >= 0.3 is 0 Å². The number of primary amides is 1. The van der Waals surface area contributed by atoms with Gasteiger partial charge in [0.1, 0.15) is 0 Å². The molecule has 1 fully saturated rings. The van der Waals surface area contributed by atoms with Gasteiger partial charge in [0.2, 0.25) is 5.91 Å². The van der Waals surface area contributed by atoms with Crippen LogP contribution in [0.2, 0.25) is 0 Å². The molecule has 1 aliphatic rings. The molecule has 2 rings (SSSR count). The van der Waals surface area contributed by atoms with Crippen molar-refractivity contribution in [3.8, 4) is 0 Å². The summed E-state index contributed by atoms with van der Waals surface area (Å²) in [6.45, 7) is 0. The number of carbonyl (C=O) groups excluding carboxylic acids is 1. The molecule has 0 bridgehead atoms. The number of hydrogen-bond donors (Lipinski definition) is 2. The molecule has 0 aliphatic heterocycles. The van der Waals surface area contributed by atoms with Crippen LogP contribution < -0.4 is 5.73 Å². The maximum atomic E-state index is 10.7. The number of aliphatic hydroxyl groups is 1. The monoisotopic (exact) mass is 261 g/mol. The van der Waals surface area contributed by atoms with Crippen molar-refractivity contribution in [2.45, 2.75) is 57.0 Å². The van der Waals surface area contributed by atoms with Crippen LogP contribution in [0.15, 0.2) is 24.3 Å². The molecule has 3 N–H and O–H groups in total. The zero-order chi connectivity index (χ0) is 13.7. The lowest BCUT2D eigenvalue weighted by Gasteiger charge is -2.22. The fraction of sp³-hybridized carbons (Fsp3) is 0.562. The Kier molecular flexibility index (Phi) is 4.97. The van der Waals surface area contributed by atoms with Crippen molar-refractivity contribution in [1.82, 2.24) is 0 Å². The fourth-order valence-corrected chi connectivity index (χ4v) is 2.87. The third-order valence-corrected chi connectivity index (χ3v) is 4.06. The highest BCUT2D eigenvalue weighted by molar-refractivity contribution is 5.73. The molecule has 1 unspecified atom stereocenters. The molecule has 0 saturated heterocycles. The lowest BCUT2D eigenvalue weighted by atomic mass is 9.83. The van der Waals surface area contributed by atoms with Crippen LogP contribution in [-0.2, 0) is 4.79 Å². The van der Waals surface area contributed by atoms with Crippen LogP contribution in [0, 0.1) is 0 Å². The van der Waals surface area contributed by atoms with Crippen molar-refractivity contribution in [1.29, 1.82) is 0 Å². The largest absolute Gasteiger partial charge is 0.388 e. The minimum Gasteiger partial charge on any atom is -0.388 e. The zero-order valence-corrected chi connectivity index (χ0v) is 11.3. The summed E-state index contributed by atoms with van der Waals surface area (Å²) in [6, 6.07) is 8.21. The minimum atomic E-state index is -0.590. The molecule has 0 spiro atoms. The molecule has 0 radical (unpaired) electrons. The van der Waals surface area contributed by atoms with Gasteiger partial charge in [0.05, 0.1) is 6.10 Å². The molecule has 1 saturated carbocycles. The van der Waals surface area contributed by atoms with E-state index in [2.05, 4.69) is 12.1 Å². The van der Waals surface area contributed by atoms with Crippen molar-refractivity contribution < 1.29 is 9.90 Å². The minimum absolute atomic E-state index is 0.228. The molecule has 1 aromatic carbocycles. The molecule has 3 nitrogen and oxygen atoms in total. The average molecular weight is 261 g/mol. The Morgan fingerprint density at radius 1 is 1.21 bits per heavy atom. The van der Waals surface area contributed by atoms with Crippen LogP contribution in [0.4, 0.5) is 0 Å². The van der Waals surface area contributed by atoms with E-state index in [1.165, 1.54) is 37.7 Å². The van der Waals surface area contributed by atoms with E-state index in [4.69, 9.17) is 5.73 Å². The van der Waals surface area contributed by atoms with Crippen molar-refractivity contribution >= 4 is 5.91 Å². The Morgan fingerprint density at radius 2 is 1.84 bits per heavy atom. The van der Waals surface area contributed by atoms with Crippen LogP contribution in [0.1, 0.15) is 68.1 Å². The van der Waals surface area contributed by atoms with E-state index in [9.17, 15) is 9.90 Å². The van der Waals surface area contributed by atoms with E-state index in [0.717, 1.165) is 5.56 Å². The second kappa shape index (κ2) is 6.71. The summed E-state index contributed by atoms with van der Waals surface area (Å²) in [4.78, 5) is 10.7. The Bertz CT molecular complexity index is 407. The first kappa shape index (κ1) is 14.1. The van der Waals surface area contributed by atoms with Gasteiger partial charge in [-0.05, 0) is 36.3 Å². The molecular weight excluding hydrogens is 238 g/mol. The van der Waals surface area contributed by atoms with Crippen molar-refractivity contribution in [3.05, 3.63) is 35.4 Å². The van der Waals surface area contributed by atoms with E-state index in [-0.39, 0.29) is 12.3 Å². The predicted molar refractivity (Wildman–Crippen MR) is 75.7 cm³/mol. The van der Waals surface area contributed by atoms with Gasteiger partial charge in [-0.25, -0.2) is 0 Å². The standard InChI is InChI=1S/C16H23NO2/c17-16(19)11-10-15(18)14-8-6-13(7-9-14)12-4-2-1-3-5-12/h6-9,12,15,18H,1-5,10-11H2,(H2,17,19). The highest BCUT2D eigenvalue weighted by Crippen LogP contribution is 2.33. The molecule has 1 aliphatic carbocycles. The molecule has 1 amide bonds. The van der Waals surface area contributed by atoms with Gasteiger partial charge in [0.25, 0.3) is 0 Å². The first-order valence-electron chi connectivity index (χ1n) is 7.23. The maximum Gasteiger partial charge on any atom is 0.217 e. The van der Waals surface area contributed by atoms with Crippen molar-refractivity contribution in [2.24, 2.45) is 5.73 Å². The van der Waals surface area contributed by atoms with E-state index < -0.39 is 6.10 Å². The van der Waals surface area contributed by atoms with Gasteiger partial charge < -0.3 is 10.8 Å². The number of carbonyl (C=O) groups is 1. The van der Waals surface area contributed by atoms with Crippen molar-refractivity contribution in [2.75, 3.05) is 0 Å². The van der Waals surface area contributed by atoms with E-state index >= 15 is 0 Å². The number of hydrogen-bond acceptors (Lipinski definition) is 2. The van der Waals surface area contributed by atoms with Gasteiger partial charge in [0.15, 0.2) is 0 Å². The average Bonchev–Trinajstić information content (AvgIpc) is 2.46. The lowest BCUT2D eigenvalue weighted by Crippen LogP contribution is -2.12. The Labute approximate surface area is 114 Å². The molecule has 0 heterocycles. The number of nitrogens with two attached hydrogens (primary N) is 1. The molecule has 19 heavy (non-hydrogen) atoms. The van der Waals surface area contributed by atoms with Crippen LogP contribution in [0.25, 0.3) is 0 Å². The van der Waals surface area contributed by atoms with E-state index in [1.807, 2.05) is 12.1 Å². The second-order valence-corrected chi connectivity index (χ2v) is 5.52. The van der Waals surface area contributed by atoms with Crippen molar-refractivity contribution in [3.63, 3.8) is 0 Å². The SMILES string of the molecule is NC(=O)CCC(O)c1ccc(C2CCCCC2)cc1. The predicted octanol–water partition coefficient (Wildman–Crippen LogP) is 3.03. The maximum absolute atomic E-state index is 10.7. The number of benzene rings is 1. The van der Waals surface area contributed by atoms with Crippen LogP contribution in [-0.4, -0.2) is 11.0 Å². The molecule has 1 aromatic rings. The first-order chi connectivity index (χ1) is 9.16. The zero-order valence-electron chi connectivity index (χ0n) is 11.3.